The molecule has 124 valence electrons. The van der Waals surface area contributed by atoms with Gasteiger partial charge in [-0.2, -0.15) is 0 Å². The topological polar surface area (TPSA) is 72.1 Å². The van der Waals surface area contributed by atoms with Gasteiger partial charge in [-0.25, -0.2) is 9.97 Å². The zero-order chi connectivity index (χ0) is 17.6. The number of anilines is 2. The first-order valence-corrected chi connectivity index (χ1v) is 8.70. The zero-order valence-corrected chi connectivity index (χ0v) is 15.3. The van der Waals surface area contributed by atoms with Crippen molar-refractivity contribution in [3.63, 3.8) is 0 Å². The van der Waals surface area contributed by atoms with E-state index in [-0.39, 0.29) is 11.9 Å². The van der Waals surface area contributed by atoms with E-state index in [0.29, 0.717) is 23.0 Å². The SMILES string of the molecule is Nc1nc2c(c(-c3ccc(Cl)cc3)n1)CN(c1ccc(Br)cc1)C2=O. The lowest BCUT2D eigenvalue weighted by molar-refractivity contribution is 0.0992. The molecule has 2 heterocycles. The molecule has 0 atom stereocenters. The van der Waals surface area contributed by atoms with Crippen molar-refractivity contribution >= 4 is 45.1 Å². The molecule has 2 N–H and O–H groups in total. The molecule has 1 amide bonds. The quantitative estimate of drug-likeness (QED) is 0.677. The third kappa shape index (κ3) is 2.88. The van der Waals surface area contributed by atoms with Crippen molar-refractivity contribution < 1.29 is 4.79 Å². The van der Waals surface area contributed by atoms with Crippen LogP contribution in [0.2, 0.25) is 5.02 Å². The van der Waals surface area contributed by atoms with Crippen molar-refractivity contribution in [2.75, 3.05) is 10.6 Å². The van der Waals surface area contributed by atoms with Gasteiger partial charge in [0.05, 0.1) is 12.2 Å². The van der Waals surface area contributed by atoms with Gasteiger partial charge in [0.1, 0.15) is 5.69 Å². The maximum atomic E-state index is 12.8. The van der Waals surface area contributed by atoms with Crippen molar-refractivity contribution in [1.29, 1.82) is 0 Å². The minimum Gasteiger partial charge on any atom is -0.368 e. The summed E-state index contributed by atoms with van der Waals surface area (Å²) in [5, 5.41) is 0.634. The number of carbonyl (C=O) groups is 1. The van der Waals surface area contributed by atoms with E-state index in [1.165, 1.54) is 0 Å². The maximum absolute atomic E-state index is 12.8. The highest BCUT2D eigenvalue weighted by Gasteiger charge is 2.33. The average molecular weight is 416 g/mol. The van der Waals surface area contributed by atoms with Gasteiger partial charge in [-0.1, -0.05) is 39.7 Å². The van der Waals surface area contributed by atoms with Gasteiger partial charge >= 0.3 is 0 Å². The largest absolute Gasteiger partial charge is 0.368 e. The second-order valence-electron chi connectivity index (χ2n) is 5.63. The Balaban J connectivity index is 1.81. The minimum absolute atomic E-state index is 0.0784. The van der Waals surface area contributed by atoms with E-state index < -0.39 is 0 Å². The van der Waals surface area contributed by atoms with Crippen LogP contribution in [-0.2, 0) is 6.54 Å². The highest BCUT2D eigenvalue weighted by molar-refractivity contribution is 9.10. The average Bonchev–Trinajstić information content (AvgIpc) is 2.93. The summed E-state index contributed by atoms with van der Waals surface area (Å²) in [4.78, 5) is 23.0. The molecule has 5 nitrogen and oxygen atoms in total. The number of hydrogen-bond donors (Lipinski definition) is 1. The van der Waals surface area contributed by atoms with E-state index in [2.05, 4.69) is 25.9 Å². The fourth-order valence-electron chi connectivity index (χ4n) is 2.86. The molecule has 0 spiro atoms. The predicted molar refractivity (Wildman–Crippen MR) is 102 cm³/mol. The van der Waals surface area contributed by atoms with Gasteiger partial charge in [0.25, 0.3) is 5.91 Å². The van der Waals surface area contributed by atoms with Gasteiger partial charge in [0.2, 0.25) is 5.95 Å². The molecular weight excluding hydrogens is 404 g/mol. The monoisotopic (exact) mass is 414 g/mol. The fourth-order valence-corrected chi connectivity index (χ4v) is 3.25. The summed E-state index contributed by atoms with van der Waals surface area (Å²) in [5.74, 6) is -0.101. The second kappa shape index (κ2) is 6.13. The van der Waals surface area contributed by atoms with E-state index in [9.17, 15) is 4.79 Å². The number of benzene rings is 2. The standard InChI is InChI=1S/C18H12BrClN4O/c19-11-3-7-13(8-4-11)24-9-14-15(10-1-5-12(20)6-2-10)22-18(21)23-16(14)17(24)25/h1-8H,9H2,(H2,21,22,23). The number of halogens is 2. The summed E-state index contributed by atoms with van der Waals surface area (Å²) in [7, 11) is 0. The first kappa shape index (κ1) is 16.1. The summed E-state index contributed by atoms with van der Waals surface area (Å²) >= 11 is 9.37. The van der Waals surface area contributed by atoms with Crippen LogP contribution in [0.3, 0.4) is 0 Å². The molecular formula is C18H12BrClN4O. The fraction of sp³-hybridized carbons (Fsp3) is 0.0556. The second-order valence-corrected chi connectivity index (χ2v) is 6.98. The molecule has 0 bridgehead atoms. The molecule has 4 rings (SSSR count). The summed E-state index contributed by atoms with van der Waals surface area (Å²) in [5.41, 5.74) is 9.26. The molecule has 7 heteroatoms. The van der Waals surface area contributed by atoms with Crippen molar-refractivity contribution in [2.45, 2.75) is 6.54 Å². The van der Waals surface area contributed by atoms with Crippen molar-refractivity contribution in [2.24, 2.45) is 0 Å². The van der Waals surface area contributed by atoms with Crippen LogP contribution in [0.4, 0.5) is 11.6 Å². The number of amides is 1. The number of rotatable bonds is 2. The van der Waals surface area contributed by atoms with Gasteiger partial charge in [-0.3, -0.25) is 4.79 Å². The molecule has 1 aromatic heterocycles. The Morgan fingerprint density at radius 1 is 1.00 bits per heavy atom. The van der Waals surface area contributed by atoms with Crippen LogP contribution in [0.25, 0.3) is 11.3 Å². The lowest BCUT2D eigenvalue weighted by atomic mass is 10.1. The lowest BCUT2D eigenvalue weighted by Crippen LogP contribution is -2.23. The number of nitrogen functional groups attached to an aromatic ring is 1. The van der Waals surface area contributed by atoms with E-state index in [0.717, 1.165) is 21.3 Å². The lowest BCUT2D eigenvalue weighted by Gasteiger charge is -2.15. The minimum atomic E-state index is -0.179. The number of aromatic nitrogens is 2. The molecule has 2 aromatic carbocycles. The highest BCUT2D eigenvalue weighted by atomic mass is 79.9. The van der Waals surface area contributed by atoms with Crippen LogP contribution in [0.15, 0.2) is 53.0 Å². The van der Waals surface area contributed by atoms with Crippen molar-refractivity contribution in [1.82, 2.24) is 9.97 Å². The van der Waals surface area contributed by atoms with Crippen LogP contribution >= 0.6 is 27.5 Å². The highest BCUT2D eigenvalue weighted by Crippen LogP contribution is 2.34. The normalized spacial score (nSPS) is 13.2. The van der Waals surface area contributed by atoms with E-state index in [4.69, 9.17) is 17.3 Å². The summed E-state index contributed by atoms with van der Waals surface area (Å²) in [6, 6.07) is 14.8. The third-order valence-corrected chi connectivity index (χ3v) is 4.82. The van der Waals surface area contributed by atoms with Crippen LogP contribution in [0.5, 0.6) is 0 Å². The molecule has 3 aromatic rings. The number of fused-ring (bicyclic) bond motifs is 1. The van der Waals surface area contributed by atoms with Gasteiger partial charge in [0.15, 0.2) is 0 Å². The molecule has 0 aliphatic carbocycles. The number of nitrogens with zero attached hydrogens (tertiary/aromatic N) is 3. The van der Waals surface area contributed by atoms with Crippen molar-refractivity contribution in [3.05, 3.63) is 69.3 Å². The Morgan fingerprint density at radius 3 is 2.32 bits per heavy atom. The van der Waals surface area contributed by atoms with Gasteiger partial charge in [0, 0.05) is 26.3 Å². The Hall–Kier alpha value is -2.44. The summed E-state index contributed by atoms with van der Waals surface area (Å²) < 4.78 is 0.950. The van der Waals surface area contributed by atoms with Gasteiger partial charge in [-0.15, -0.1) is 0 Å². The molecule has 25 heavy (non-hydrogen) atoms. The molecule has 0 radical (unpaired) electrons. The van der Waals surface area contributed by atoms with Crippen LogP contribution in [0, 0.1) is 0 Å². The van der Waals surface area contributed by atoms with Gasteiger partial charge < -0.3 is 10.6 Å². The Labute approximate surface area is 157 Å². The molecule has 0 saturated heterocycles. The van der Waals surface area contributed by atoms with Gasteiger partial charge in [-0.05, 0) is 36.4 Å². The Kier molecular flexibility index (Phi) is 3.94. The number of carbonyl (C=O) groups excluding carboxylic acids is 1. The molecule has 1 aliphatic rings. The van der Waals surface area contributed by atoms with Crippen molar-refractivity contribution in [3.8, 4) is 11.3 Å². The first-order chi connectivity index (χ1) is 12.0. The van der Waals surface area contributed by atoms with E-state index >= 15 is 0 Å². The molecule has 0 unspecified atom stereocenters. The Morgan fingerprint density at radius 2 is 1.64 bits per heavy atom. The Bertz CT molecular complexity index is 974. The molecule has 0 fully saturated rings. The predicted octanol–water partition coefficient (Wildman–Crippen LogP) is 4.30. The first-order valence-electron chi connectivity index (χ1n) is 7.52. The number of nitrogens with two attached hydrogens (primary N) is 1. The summed E-state index contributed by atoms with van der Waals surface area (Å²) in [6.07, 6.45) is 0. The smallest absolute Gasteiger partial charge is 0.277 e. The van der Waals surface area contributed by atoms with Crippen LogP contribution in [-0.4, -0.2) is 15.9 Å². The summed E-state index contributed by atoms with van der Waals surface area (Å²) in [6.45, 7) is 0.397. The van der Waals surface area contributed by atoms with Crippen LogP contribution in [0.1, 0.15) is 16.1 Å². The zero-order valence-electron chi connectivity index (χ0n) is 12.9. The molecule has 1 aliphatic heterocycles. The van der Waals surface area contributed by atoms with E-state index in [1.807, 2.05) is 36.4 Å². The number of hydrogen-bond acceptors (Lipinski definition) is 4. The van der Waals surface area contributed by atoms with E-state index in [1.54, 1.807) is 17.0 Å². The third-order valence-electron chi connectivity index (χ3n) is 4.04. The maximum Gasteiger partial charge on any atom is 0.277 e. The van der Waals surface area contributed by atoms with Crippen LogP contribution < -0.4 is 10.6 Å². The molecule has 0 saturated carbocycles.